The molecule has 4 heteroatoms. The summed E-state index contributed by atoms with van der Waals surface area (Å²) in [5.74, 6) is 0.893. The van der Waals surface area contributed by atoms with Crippen molar-refractivity contribution in [3.05, 3.63) is 87.9 Å². The molecule has 0 atom stereocenters. The smallest absolute Gasteiger partial charge is 0.143 e. The highest BCUT2D eigenvalue weighted by Crippen LogP contribution is 2.50. The molecule has 4 heterocycles. The van der Waals surface area contributed by atoms with Gasteiger partial charge in [-0.15, -0.1) is 0 Å². The first-order chi connectivity index (χ1) is 22.1. The molecule has 0 spiro atoms. The van der Waals surface area contributed by atoms with Gasteiger partial charge in [0, 0.05) is 37.7 Å². The maximum Gasteiger partial charge on any atom is 0.143 e. The van der Waals surface area contributed by atoms with Crippen LogP contribution < -0.4 is 4.74 Å². The van der Waals surface area contributed by atoms with E-state index < -0.39 is 0 Å². The van der Waals surface area contributed by atoms with Gasteiger partial charge >= 0.3 is 0 Å². The van der Waals surface area contributed by atoms with Crippen molar-refractivity contribution >= 4 is 92.1 Å². The summed E-state index contributed by atoms with van der Waals surface area (Å²) in [5.41, 5.74) is 11.7. The number of nitrogens with zero attached hydrogens (tertiary/aromatic N) is 2. The third-order valence-corrected chi connectivity index (χ3v) is 11.4. The van der Waals surface area contributed by atoms with Crippen LogP contribution >= 0.6 is 15.9 Å². The summed E-state index contributed by atoms with van der Waals surface area (Å²) in [5, 5.41) is 10.5. The van der Waals surface area contributed by atoms with Crippen LogP contribution in [0.2, 0.25) is 0 Å². The molecule has 236 valence electrons. The lowest BCUT2D eigenvalue weighted by Crippen LogP contribution is -2.11. The number of hydrogen-bond acceptors (Lipinski definition) is 1. The molecule has 0 aliphatic carbocycles. The Bertz CT molecular complexity index is 2770. The zero-order chi connectivity index (χ0) is 33.1. The zero-order valence-corrected chi connectivity index (χ0v) is 30.6. The Kier molecular flexibility index (Phi) is 5.52. The first kappa shape index (κ1) is 29.1. The number of rotatable bonds is 1. The minimum Gasteiger partial charge on any atom is -0.495 e. The van der Waals surface area contributed by atoms with Gasteiger partial charge in [-0.3, -0.25) is 0 Å². The monoisotopic (exact) mass is 680 g/mol. The number of methoxy groups -OCH3 is 1. The molecule has 5 aromatic carbocycles. The lowest BCUT2D eigenvalue weighted by molar-refractivity contribution is 0.417. The Hall–Kier alpha value is -4.02. The summed E-state index contributed by atoms with van der Waals surface area (Å²) in [4.78, 5) is 0. The molecule has 0 aliphatic rings. The van der Waals surface area contributed by atoms with Gasteiger partial charge in [-0.05, 0) is 110 Å². The molecule has 0 unspecified atom stereocenters. The third-order valence-electron chi connectivity index (χ3n) is 10.8. The van der Waals surface area contributed by atoms with Crippen LogP contribution in [0.25, 0.3) is 76.2 Å². The van der Waals surface area contributed by atoms with Gasteiger partial charge in [0.05, 0.1) is 50.1 Å². The van der Waals surface area contributed by atoms with E-state index in [1.165, 1.54) is 92.9 Å². The Morgan fingerprint density at radius 3 is 1.40 bits per heavy atom. The van der Waals surface area contributed by atoms with Crippen molar-refractivity contribution in [2.45, 2.75) is 78.6 Å². The highest BCUT2D eigenvalue weighted by atomic mass is 79.9. The summed E-state index contributed by atoms with van der Waals surface area (Å²) in [6, 6.07) is 26.1. The zero-order valence-electron chi connectivity index (χ0n) is 29.0. The largest absolute Gasteiger partial charge is 0.495 e. The molecule has 3 nitrogen and oxygen atoms in total. The number of fused-ring (bicyclic) bond motifs is 13. The second kappa shape index (κ2) is 8.90. The van der Waals surface area contributed by atoms with E-state index in [-0.39, 0.29) is 16.2 Å². The highest BCUT2D eigenvalue weighted by molar-refractivity contribution is 9.10. The van der Waals surface area contributed by atoms with E-state index >= 15 is 0 Å². The SMILES string of the molecule is COc1c(Br)ccc2c1c1cc(C(C)(C)C)cc3c4c5c6cc(C(C)(C)C)cc7c8cc(C(C)(C)C)ccc8n(c5ccc4n2c13)c76. The summed E-state index contributed by atoms with van der Waals surface area (Å²) in [7, 11) is 1.78. The molecule has 9 aromatic rings. The van der Waals surface area contributed by atoms with Crippen LogP contribution in [0.4, 0.5) is 0 Å². The maximum atomic E-state index is 6.05. The molecule has 0 bridgehead atoms. The molecule has 0 radical (unpaired) electrons. The van der Waals surface area contributed by atoms with Gasteiger partial charge in [0.15, 0.2) is 0 Å². The lowest BCUT2D eigenvalue weighted by atomic mass is 9.84. The van der Waals surface area contributed by atoms with Crippen LogP contribution in [0.5, 0.6) is 5.75 Å². The molecule has 4 aromatic heterocycles. The molecule has 0 saturated heterocycles. The van der Waals surface area contributed by atoms with Crippen molar-refractivity contribution in [2.75, 3.05) is 7.11 Å². The average molecular weight is 682 g/mol. The predicted molar refractivity (Wildman–Crippen MR) is 206 cm³/mol. The van der Waals surface area contributed by atoms with Crippen LogP contribution in [-0.2, 0) is 16.2 Å². The Morgan fingerprint density at radius 2 is 0.872 bits per heavy atom. The second-order valence-electron chi connectivity index (χ2n) is 16.8. The Morgan fingerprint density at radius 1 is 0.468 bits per heavy atom. The first-order valence-electron chi connectivity index (χ1n) is 16.8. The van der Waals surface area contributed by atoms with Gasteiger partial charge in [-0.2, -0.15) is 0 Å². The molecule has 0 amide bonds. The summed E-state index contributed by atoms with van der Waals surface area (Å²) in [6.45, 7) is 20.9. The topological polar surface area (TPSA) is 18.1 Å². The van der Waals surface area contributed by atoms with Crippen molar-refractivity contribution < 1.29 is 4.74 Å². The van der Waals surface area contributed by atoms with Gasteiger partial charge in [-0.1, -0.05) is 68.4 Å². The third kappa shape index (κ3) is 3.68. The fraction of sp³-hybridized carbons (Fsp3) is 0.302. The molecule has 0 aliphatic heterocycles. The molecular weight excluding hydrogens is 640 g/mol. The van der Waals surface area contributed by atoms with E-state index in [9.17, 15) is 0 Å². The van der Waals surface area contributed by atoms with Crippen molar-refractivity contribution in [2.24, 2.45) is 0 Å². The standard InChI is InChI=1S/C43H41BrN2O/c1-41(2,3)22-11-13-31-25(17-22)26-18-23(42(4,5)6)19-27-35-32(45(31)38(26)27)15-16-33-36(35)28-20-24(43(7,8)9)21-29-37-34(46(33)39(28)29)14-12-30(44)40(37)47-10/h11-21H,1-10H3. The molecule has 0 N–H and O–H groups in total. The van der Waals surface area contributed by atoms with Gasteiger partial charge in [0.1, 0.15) is 5.75 Å². The van der Waals surface area contributed by atoms with Gasteiger partial charge < -0.3 is 13.5 Å². The molecule has 9 rings (SSSR count). The van der Waals surface area contributed by atoms with E-state index in [1.807, 2.05) is 0 Å². The normalized spacial score (nSPS) is 13.9. The van der Waals surface area contributed by atoms with Gasteiger partial charge in [-0.25, -0.2) is 0 Å². The Labute approximate surface area is 283 Å². The van der Waals surface area contributed by atoms with Crippen molar-refractivity contribution in [3.8, 4) is 5.75 Å². The highest BCUT2D eigenvalue weighted by Gasteiger charge is 2.29. The number of ether oxygens (including phenoxy) is 1. The van der Waals surface area contributed by atoms with E-state index in [2.05, 4.69) is 154 Å². The summed E-state index contributed by atoms with van der Waals surface area (Å²) < 4.78 is 12.1. The van der Waals surface area contributed by atoms with Crippen LogP contribution in [0.3, 0.4) is 0 Å². The van der Waals surface area contributed by atoms with E-state index in [0.717, 1.165) is 10.2 Å². The van der Waals surface area contributed by atoms with Crippen LogP contribution in [-0.4, -0.2) is 15.9 Å². The number of halogens is 1. The Balaban J connectivity index is 1.57. The average Bonchev–Trinajstić information content (AvgIpc) is 3.71. The summed E-state index contributed by atoms with van der Waals surface area (Å²) in [6.07, 6.45) is 0. The van der Waals surface area contributed by atoms with Crippen LogP contribution in [0, 0.1) is 0 Å². The van der Waals surface area contributed by atoms with E-state index in [4.69, 9.17) is 4.74 Å². The van der Waals surface area contributed by atoms with E-state index in [1.54, 1.807) is 7.11 Å². The first-order valence-corrected chi connectivity index (χ1v) is 17.6. The number of benzene rings is 5. The fourth-order valence-corrected chi connectivity index (χ4v) is 8.73. The minimum absolute atomic E-state index is 0.00624. The lowest BCUT2D eigenvalue weighted by Gasteiger charge is -2.20. The minimum atomic E-state index is -0.0231. The van der Waals surface area contributed by atoms with Crippen LogP contribution in [0.1, 0.15) is 79.0 Å². The molecule has 47 heavy (non-hydrogen) atoms. The van der Waals surface area contributed by atoms with Crippen molar-refractivity contribution in [1.29, 1.82) is 0 Å². The van der Waals surface area contributed by atoms with Crippen molar-refractivity contribution in [3.63, 3.8) is 0 Å². The second-order valence-corrected chi connectivity index (χ2v) is 17.7. The van der Waals surface area contributed by atoms with Crippen LogP contribution in [0.15, 0.2) is 71.2 Å². The maximum absolute atomic E-state index is 6.05. The quantitative estimate of drug-likeness (QED) is 0.169. The fourth-order valence-electron chi connectivity index (χ4n) is 8.24. The predicted octanol–water partition coefficient (Wildman–Crippen LogP) is 12.7. The molecule has 0 fully saturated rings. The van der Waals surface area contributed by atoms with Gasteiger partial charge in [0.25, 0.3) is 0 Å². The number of hydrogen-bond donors (Lipinski definition) is 0. The van der Waals surface area contributed by atoms with Crippen molar-refractivity contribution in [1.82, 2.24) is 8.80 Å². The van der Waals surface area contributed by atoms with Gasteiger partial charge in [0.2, 0.25) is 0 Å². The summed E-state index contributed by atoms with van der Waals surface area (Å²) >= 11 is 3.79. The molecular formula is C43H41BrN2O. The van der Waals surface area contributed by atoms with E-state index in [0.29, 0.717) is 0 Å². The molecule has 0 saturated carbocycles. The number of aromatic nitrogens is 2.